The molecule has 0 heterocycles. The van der Waals surface area contributed by atoms with E-state index < -0.39 is 11.9 Å². The third-order valence-electron chi connectivity index (χ3n) is 3.97. The Labute approximate surface area is 169 Å². The lowest BCUT2D eigenvalue weighted by molar-refractivity contribution is -0.128. The molecule has 0 fully saturated rings. The number of hydrogen-bond acceptors (Lipinski definition) is 6. The van der Waals surface area contributed by atoms with E-state index in [1.54, 1.807) is 50.4 Å². The lowest BCUT2D eigenvalue weighted by Gasteiger charge is -2.12. The number of nitrogens with one attached hydrogen (secondary N) is 2. The van der Waals surface area contributed by atoms with E-state index >= 15 is 0 Å². The van der Waals surface area contributed by atoms with E-state index in [0.29, 0.717) is 23.7 Å². The van der Waals surface area contributed by atoms with Crippen LogP contribution in [0.1, 0.15) is 25.0 Å². The average molecular weight is 399 g/mol. The van der Waals surface area contributed by atoms with Gasteiger partial charge in [-0.25, -0.2) is 5.43 Å². The predicted molar refractivity (Wildman–Crippen MR) is 109 cm³/mol. The first-order valence-electron chi connectivity index (χ1n) is 9.14. The number of rotatable bonds is 9. The Morgan fingerprint density at radius 1 is 1.21 bits per heavy atom. The smallest absolute Gasteiger partial charge is 0.262 e. The number of phenolic OH excluding ortho intramolecular Hbond substituents is 1. The molecule has 0 aliphatic heterocycles. The number of carbonyl (C=O) groups is 2. The van der Waals surface area contributed by atoms with E-state index in [1.165, 1.54) is 12.3 Å². The second-order valence-electron chi connectivity index (χ2n) is 6.21. The number of phenols is 1. The van der Waals surface area contributed by atoms with Crippen LogP contribution >= 0.6 is 0 Å². The molecule has 154 valence electrons. The highest BCUT2D eigenvalue weighted by molar-refractivity contribution is 5.89. The van der Waals surface area contributed by atoms with Crippen LogP contribution < -0.4 is 20.2 Å². The fourth-order valence-electron chi connectivity index (χ4n) is 2.44. The van der Waals surface area contributed by atoms with E-state index in [9.17, 15) is 14.7 Å². The summed E-state index contributed by atoms with van der Waals surface area (Å²) in [6.07, 6.45) is 1.57. The Morgan fingerprint density at radius 3 is 2.59 bits per heavy atom. The summed E-state index contributed by atoms with van der Waals surface area (Å²) in [7, 11) is 1.57. The second-order valence-corrected chi connectivity index (χ2v) is 6.21. The van der Waals surface area contributed by atoms with E-state index in [2.05, 4.69) is 15.8 Å². The molecule has 2 rings (SSSR count). The highest BCUT2D eigenvalue weighted by Crippen LogP contribution is 2.26. The van der Waals surface area contributed by atoms with E-state index in [4.69, 9.17) is 9.47 Å². The minimum atomic E-state index is -0.753. The molecular weight excluding hydrogens is 374 g/mol. The van der Waals surface area contributed by atoms with Crippen LogP contribution in [0.15, 0.2) is 47.6 Å². The van der Waals surface area contributed by atoms with Crippen molar-refractivity contribution in [3.8, 4) is 17.2 Å². The molecule has 3 N–H and O–H groups in total. The van der Waals surface area contributed by atoms with Gasteiger partial charge in [-0.3, -0.25) is 9.59 Å². The first kappa shape index (κ1) is 21.7. The molecule has 0 saturated heterocycles. The first-order valence-corrected chi connectivity index (χ1v) is 9.14. The SMILES string of the molecule is CCOc1cc(/C=N/NC(=O)C(C)NC(=O)Cc2ccc(OC)cc2)ccc1O. The molecule has 2 aromatic carbocycles. The van der Waals surface area contributed by atoms with Crippen LogP contribution in [0.5, 0.6) is 17.2 Å². The third-order valence-corrected chi connectivity index (χ3v) is 3.97. The number of aromatic hydroxyl groups is 1. The van der Waals surface area contributed by atoms with Crippen molar-refractivity contribution < 1.29 is 24.2 Å². The van der Waals surface area contributed by atoms with Crippen molar-refractivity contribution in [3.63, 3.8) is 0 Å². The number of hydrogen-bond donors (Lipinski definition) is 3. The Bertz CT molecular complexity index is 865. The molecular formula is C21H25N3O5. The molecule has 0 saturated carbocycles. The van der Waals surface area contributed by atoms with Crippen molar-refractivity contribution in [1.29, 1.82) is 0 Å². The van der Waals surface area contributed by atoms with Crippen molar-refractivity contribution >= 4 is 18.0 Å². The monoisotopic (exact) mass is 399 g/mol. The molecule has 8 heteroatoms. The van der Waals surface area contributed by atoms with Crippen LogP contribution in [0.2, 0.25) is 0 Å². The van der Waals surface area contributed by atoms with Crippen molar-refractivity contribution in [2.75, 3.05) is 13.7 Å². The predicted octanol–water partition coefficient (Wildman–Crippen LogP) is 2.00. The molecule has 0 bridgehead atoms. The number of methoxy groups -OCH3 is 1. The van der Waals surface area contributed by atoms with Gasteiger partial charge in [0.2, 0.25) is 5.91 Å². The standard InChI is InChI=1S/C21H25N3O5/c1-4-29-19-11-16(7-10-18(19)25)13-22-24-21(27)14(2)23-20(26)12-15-5-8-17(28-3)9-6-15/h5-11,13-14,25H,4,12H2,1-3H3,(H,23,26)(H,24,27)/b22-13+. The van der Waals surface area contributed by atoms with E-state index in [-0.39, 0.29) is 18.1 Å². The maximum atomic E-state index is 12.1. The van der Waals surface area contributed by atoms with E-state index in [0.717, 1.165) is 5.56 Å². The second kappa shape index (κ2) is 10.7. The van der Waals surface area contributed by atoms with Gasteiger partial charge >= 0.3 is 0 Å². The summed E-state index contributed by atoms with van der Waals surface area (Å²) in [4.78, 5) is 24.2. The highest BCUT2D eigenvalue weighted by atomic mass is 16.5. The molecule has 0 radical (unpaired) electrons. The lowest BCUT2D eigenvalue weighted by atomic mass is 10.1. The molecule has 0 aliphatic carbocycles. The number of ether oxygens (including phenoxy) is 2. The van der Waals surface area contributed by atoms with Gasteiger partial charge in [0.25, 0.3) is 5.91 Å². The molecule has 0 spiro atoms. The van der Waals surface area contributed by atoms with Gasteiger partial charge in [-0.15, -0.1) is 0 Å². The maximum absolute atomic E-state index is 12.1. The molecule has 29 heavy (non-hydrogen) atoms. The van der Waals surface area contributed by atoms with Crippen LogP contribution in [0.4, 0.5) is 0 Å². The summed E-state index contributed by atoms with van der Waals surface area (Å²) < 4.78 is 10.4. The van der Waals surface area contributed by atoms with Gasteiger partial charge in [-0.2, -0.15) is 5.10 Å². The number of carbonyl (C=O) groups excluding carboxylic acids is 2. The number of hydrazone groups is 1. The average Bonchev–Trinajstić information content (AvgIpc) is 2.71. The summed E-state index contributed by atoms with van der Waals surface area (Å²) >= 11 is 0. The van der Waals surface area contributed by atoms with Crippen LogP contribution in [0.25, 0.3) is 0 Å². The third kappa shape index (κ3) is 6.84. The van der Waals surface area contributed by atoms with Gasteiger partial charge < -0.3 is 19.9 Å². The summed E-state index contributed by atoms with van der Waals surface area (Å²) in [5, 5.41) is 16.2. The zero-order valence-corrected chi connectivity index (χ0v) is 16.6. The molecule has 2 aromatic rings. The lowest BCUT2D eigenvalue weighted by Crippen LogP contribution is -2.43. The molecule has 0 aliphatic rings. The van der Waals surface area contributed by atoms with Gasteiger partial charge in [-0.05, 0) is 55.3 Å². The molecule has 1 unspecified atom stereocenters. The Kier molecular flexibility index (Phi) is 8.02. The molecule has 1 atom stereocenters. The molecule has 0 aromatic heterocycles. The topological polar surface area (TPSA) is 109 Å². The summed E-state index contributed by atoms with van der Waals surface area (Å²) in [5.74, 6) is 0.347. The Hall–Kier alpha value is -3.55. The minimum absolute atomic E-state index is 0.0289. The molecule has 2 amide bonds. The van der Waals surface area contributed by atoms with Crippen molar-refractivity contribution in [3.05, 3.63) is 53.6 Å². The van der Waals surface area contributed by atoms with Gasteiger partial charge in [0, 0.05) is 0 Å². The van der Waals surface area contributed by atoms with Crippen LogP contribution in [0, 0.1) is 0 Å². The fourth-order valence-corrected chi connectivity index (χ4v) is 2.44. The largest absolute Gasteiger partial charge is 0.504 e. The maximum Gasteiger partial charge on any atom is 0.262 e. The number of nitrogens with zero attached hydrogens (tertiary/aromatic N) is 1. The number of benzene rings is 2. The molecule has 8 nitrogen and oxygen atoms in total. The fraction of sp³-hybridized carbons (Fsp3) is 0.286. The first-order chi connectivity index (χ1) is 13.9. The Morgan fingerprint density at radius 2 is 1.93 bits per heavy atom. The van der Waals surface area contributed by atoms with Gasteiger partial charge in [0.15, 0.2) is 11.5 Å². The highest BCUT2D eigenvalue weighted by Gasteiger charge is 2.15. The summed E-state index contributed by atoms with van der Waals surface area (Å²) in [5.41, 5.74) is 3.83. The van der Waals surface area contributed by atoms with Crippen molar-refractivity contribution in [1.82, 2.24) is 10.7 Å². The Balaban J connectivity index is 1.84. The zero-order valence-electron chi connectivity index (χ0n) is 16.6. The number of amides is 2. The van der Waals surface area contributed by atoms with E-state index in [1.807, 2.05) is 6.92 Å². The van der Waals surface area contributed by atoms with Gasteiger partial charge in [0.05, 0.1) is 26.4 Å². The normalized spacial score (nSPS) is 11.7. The minimum Gasteiger partial charge on any atom is -0.504 e. The van der Waals surface area contributed by atoms with Gasteiger partial charge in [-0.1, -0.05) is 12.1 Å². The summed E-state index contributed by atoms with van der Waals surface area (Å²) in [6, 6.07) is 11.1. The van der Waals surface area contributed by atoms with Gasteiger partial charge in [0.1, 0.15) is 11.8 Å². The van der Waals surface area contributed by atoms with Crippen LogP contribution in [0.3, 0.4) is 0 Å². The zero-order chi connectivity index (χ0) is 21.2. The van der Waals surface area contributed by atoms with Crippen molar-refractivity contribution in [2.45, 2.75) is 26.3 Å². The van der Waals surface area contributed by atoms with Crippen LogP contribution in [-0.4, -0.2) is 42.9 Å². The van der Waals surface area contributed by atoms with Crippen molar-refractivity contribution in [2.24, 2.45) is 5.10 Å². The van der Waals surface area contributed by atoms with Crippen LogP contribution in [-0.2, 0) is 16.0 Å². The summed E-state index contributed by atoms with van der Waals surface area (Å²) in [6.45, 7) is 3.80. The quantitative estimate of drug-likeness (QED) is 0.441.